The van der Waals surface area contributed by atoms with Crippen molar-refractivity contribution >= 4 is 23.3 Å². The second-order valence-corrected chi connectivity index (χ2v) is 6.05. The van der Waals surface area contributed by atoms with Gasteiger partial charge in [0, 0.05) is 24.8 Å². The molecule has 138 valence electrons. The van der Waals surface area contributed by atoms with Gasteiger partial charge in [-0.25, -0.2) is 4.79 Å². The van der Waals surface area contributed by atoms with Crippen molar-refractivity contribution < 1.29 is 14.3 Å². The van der Waals surface area contributed by atoms with Crippen LogP contribution < -0.4 is 19.7 Å². The van der Waals surface area contributed by atoms with Gasteiger partial charge in [0.1, 0.15) is 24.7 Å². The van der Waals surface area contributed by atoms with E-state index in [1.54, 1.807) is 14.1 Å². The van der Waals surface area contributed by atoms with Crippen LogP contribution in [-0.2, 0) is 0 Å². The topological polar surface area (TPSA) is 50.8 Å². The lowest BCUT2D eigenvalue weighted by molar-refractivity contribution is 0.249. The number of aryl methyl sites for hydroxylation is 1. The molecular weight excluding hydrogens is 352 g/mol. The smallest absolute Gasteiger partial charge is 0.321 e. The van der Waals surface area contributed by atoms with Gasteiger partial charge in [-0.3, -0.25) is 4.90 Å². The van der Waals surface area contributed by atoms with Crippen LogP contribution in [0.15, 0.2) is 54.6 Å². The van der Waals surface area contributed by atoms with Crippen molar-refractivity contribution in [3.05, 3.63) is 65.2 Å². The summed E-state index contributed by atoms with van der Waals surface area (Å²) in [5.74, 6) is 1.55. The Morgan fingerprint density at radius 2 is 1.77 bits per heavy atom. The third-order valence-electron chi connectivity index (χ3n) is 3.73. The lowest BCUT2D eigenvalue weighted by Gasteiger charge is -2.16. The number of urea groups is 1. The Morgan fingerprint density at radius 3 is 2.38 bits per heavy atom. The molecular formula is C20H23ClN2O3. The van der Waals surface area contributed by atoms with Crippen LogP contribution in [0, 0.1) is 6.92 Å². The van der Waals surface area contributed by atoms with Crippen molar-refractivity contribution in [2.45, 2.75) is 6.92 Å². The second kappa shape index (κ2) is 9.73. The minimum atomic E-state index is -0.169. The number of carbonyl (C=O) groups excluding carboxylic acids is 1. The Kier molecular flexibility index (Phi) is 7.36. The van der Waals surface area contributed by atoms with Crippen LogP contribution in [0.5, 0.6) is 11.5 Å². The highest BCUT2D eigenvalue weighted by atomic mass is 35.5. The molecule has 0 heterocycles. The van der Waals surface area contributed by atoms with Crippen LogP contribution in [0.4, 0.5) is 10.5 Å². The molecule has 0 unspecified atom stereocenters. The van der Waals surface area contributed by atoms with Crippen LogP contribution >= 0.6 is 11.6 Å². The Hall–Kier alpha value is -2.66. The molecule has 0 atom stereocenters. The van der Waals surface area contributed by atoms with Crippen molar-refractivity contribution in [2.75, 3.05) is 32.2 Å². The number of rotatable bonds is 7. The Bertz CT molecular complexity index is 760. The Labute approximate surface area is 159 Å². The normalized spacial score (nSPS) is 10.6. The van der Waals surface area contributed by atoms with Crippen molar-refractivity contribution in [1.29, 1.82) is 0 Å². The lowest BCUT2D eigenvalue weighted by atomic mass is 10.2. The Morgan fingerprint density at radius 1 is 1.12 bits per heavy atom. The maximum atomic E-state index is 11.6. The molecule has 1 N–H and O–H groups in total. The van der Waals surface area contributed by atoms with E-state index >= 15 is 0 Å². The minimum Gasteiger partial charge on any atom is -0.490 e. The summed E-state index contributed by atoms with van der Waals surface area (Å²) in [5, 5.41) is 3.28. The predicted molar refractivity (Wildman–Crippen MR) is 106 cm³/mol. The number of halogens is 1. The molecule has 5 nitrogen and oxygen atoms in total. The van der Waals surface area contributed by atoms with E-state index in [-0.39, 0.29) is 6.03 Å². The van der Waals surface area contributed by atoms with Crippen LogP contribution in [-0.4, -0.2) is 33.3 Å². The van der Waals surface area contributed by atoms with Crippen LogP contribution in [0.3, 0.4) is 0 Å². The zero-order valence-corrected chi connectivity index (χ0v) is 15.9. The molecule has 0 aliphatic carbocycles. The van der Waals surface area contributed by atoms with E-state index in [1.165, 1.54) is 4.90 Å². The zero-order chi connectivity index (χ0) is 18.9. The van der Waals surface area contributed by atoms with Crippen LogP contribution in [0.2, 0.25) is 5.02 Å². The quantitative estimate of drug-likeness (QED) is 0.729. The summed E-state index contributed by atoms with van der Waals surface area (Å²) in [6, 6.07) is 12.7. The van der Waals surface area contributed by atoms with Crippen molar-refractivity contribution in [3.63, 3.8) is 0 Å². The summed E-state index contributed by atoms with van der Waals surface area (Å²) in [5.41, 5.74) is 1.79. The van der Waals surface area contributed by atoms with E-state index in [4.69, 9.17) is 21.1 Å². The average molecular weight is 375 g/mol. The number of hydrogen-bond donors (Lipinski definition) is 1. The molecule has 2 rings (SSSR count). The first-order valence-electron chi connectivity index (χ1n) is 8.23. The summed E-state index contributed by atoms with van der Waals surface area (Å²) in [4.78, 5) is 13.1. The van der Waals surface area contributed by atoms with E-state index in [0.717, 1.165) is 22.7 Å². The molecule has 0 spiro atoms. The SMILES string of the molecule is CNC(=O)N(C)c1ccc(OC/C=C/COc2ccc(Cl)cc2C)cc1. The van der Waals surface area contributed by atoms with Gasteiger partial charge in [-0.15, -0.1) is 0 Å². The summed E-state index contributed by atoms with van der Waals surface area (Å²) in [6.07, 6.45) is 3.80. The monoisotopic (exact) mass is 374 g/mol. The van der Waals surface area contributed by atoms with Gasteiger partial charge < -0.3 is 14.8 Å². The largest absolute Gasteiger partial charge is 0.490 e. The van der Waals surface area contributed by atoms with Gasteiger partial charge in [-0.05, 0) is 67.1 Å². The molecule has 2 aromatic carbocycles. The molecule has 0 aromatic heterocycles. The van der Waals surface area contributed by atoms with Crippen molar-refractivity contribution in [3.8, 4) is 11.5 Å². The third-order valence-corrected chi connectivity index (χ3v) is 3.96. The zero-order valence-electron chi connectivity index (χ0n) is 15.2. The van der Waals surface area contributed by atoms with Gasteiger partial charge in [0.25, 0.3) is 0 Å². The van der Waals surface area contributed by atoms with E-state index in [2.05, 4.69) is 5.32 Å². The number of nitrogens with zero attached hydrogens (tertiary/aromatic N) is 1. The van der Waals surface area contributed by atoms with Gasteiger partial charge in [0.05, 0.1) is 0 Å². The number of benzene rings is 2. The first-order valence-corrected chi connectivity index (χ1v) is 8.61. The summed E-state index contributed by atoms with van der Waals surface area (Å²) in [7, 11) is 3.31. The van der Waals surface area contributed by atoms with E-state index in [0.29, 0.717) is 18.2 Å². The highest BCUT2D eigenvalue weighted by Crippen LogP contribution is 2.21. The number of carbonyl (C=O) groups is 1. The molecule has 0 bridgehead atoms. The number of ether oxygens (including phenoxy) is 2. The fourth-order valence-corrected chi connectivity index (χ4v) is 2.47. The van der Waals surface area contributed by atoms with Gasteiger partial charge in [-0.1, -0.05) is 11.6 Å². The second-order valence-electron chi connectivity index (χ2n) is 5.61. The average Bonchev–Trinajstić information content (AvgIpc) is 2.65. The molecule has 0 saturated heterocycles. The highest BCUT2D eigenvalue weighted by Gasteiger charge is 2.07. The molecule has 26 heavy (non-hydrogen) atoms. The molecule has 0 aliphatic rings. The Balaban J connectivity index is 1.75. The fraction of sp³-hybridized carbons (Fsp3) is 0.250. The van der Waals surface area contributed by atoms with Crippen molar-refractivity contribution in [1.82, 2.24) is 5.32 Å². The number of hydrogen-bond acceptors (Lipinski definition) is 3. The van der Waals surface area contributed by atoms with Crippen molar-refractivity contribution in [2.24, 2.45) is 0 Å². The molecule has 0 saturated carbocycles. The van der Waals surface area contributed by atoms with E-state index < -0.39 is 0 Å². The van der Waals surface area contributed by atoms with Gasteiger partial charge in [0.15, 0.2) is 0 Å². The number of anilines is 1. The minimum absolute atomic E-state index is 0.169. The first-order chi connectivity index (χ1) is 12.5. The van der Waals surface area contributed by atoms with Gasteiger partial charge in [-0.2, -0.15) is 0 Å². The number of nitrogens with one attached hydrogen (secondary N) is 1. The standard InChI is InChI=1S/C20H23ClN2O3/c1-15-14-16(21)6-11-19(15)26-13-5-4-12-25-18-9-7-17(8-10-18)23(3)20(24)22-2/h4-11,14H,12-13H2,1-3H3,(H,22,24)/b5-4+. The third kappa shape index (κ3) is 5.70. The number of amides is 2. The first kappa shape index (κ1) is 19.7. The van der Waals surface area contributed by atoms with Crippen LogP contribution in [0.25, 0.3) is 0 Å². The van der Waals surface area contributed by atoms with Gasteiger partial charge >= 0.3 is 6.03 Å². The summed E-state index contributed by atoms with van der Waals surface area (Å²) >= 11 is 5.92. The molecule has 6 heteroatoms. The summed E-state index contributed by atoms with van der Waals surface area (Å²) < 4.78 is 11.3. The maximum Gasteiger partial charge on any atom is 0.321 e. The lowest BCUT2D eigenvalue weighted by Crippen LogP contribution is -2.34. The molecule has 0 fully saturated rings. The fourth-order valence-electron chi connectivity index (χ4n) is 2.24. The van der Waals surface area contributed by atoms with Crippen LogP contribution in [0.1, 0.15) is 5.56 Å². The van der Waals surface area contributed by atoms with E-state index in [1.807, 2.05) is 61.5 Å². The highest BCUT2D eigenvalue weighted by molar-refractivity contribution is 6.30. The summed E-state index contributed by atoms with van der Waals surface area (Å²) in [6.45, 7) is 2.86. The maximum absolute atomic E-state index is 11.6. The van der Waals surface area contributed by atoms with Gasteiger partial charge in [0.2, 0.25) is 0 Å². The van der Waals surface area contributed by atoms with E-state index in [9.17, 15) is 4.79 Å². The molecule has 0 aliphatic heterocycles. The molecule has 0 radical (unpaired) electrons. The molecule has 2 aromatic rings. The predicted octanol–water partition coefficient (Wildman–Crippen LogP) is 4.44. The molecule has 2 amide bonds.